The van der Waals surface area contributed by atoms with Crippen LogP contribution in [0.4, 0.5) is 5.69 Å². The maximum absolute atomic E-state index is 10.9. The van der Waals surface area contributed by atoms with Crippen LogP contribution in [-0.4, -0.2) is 4.92 Å². The minimum absolute atomic E-state index is 0.101. The topological polar surface area (TPSA) is 55.2 Å². The summed E-state index contributed by atoms with van der Waals surface area (Å²) in [6.07, 6.45) is 0. The fraction of sp³-hybridized carbons (Fsp3) is 0.286. The number of hydrogen-bond acceptors (Lipinski definition) is 4. The van der Waals surface area contributed by atoms with E-state index < -0.39 is 0 Å². The number of halogens is 1. The zero-order valence-corrected chi connectivity index (χ0v) is 13.6. The van der Waals surface area contributed by atoms with E-state index in [4.69, 9.17) is 0 Å². The second-order valence-corrected chi connectivity index (χ2v) is 6.67. The van der Waals surface area contributed by atoms with Crippen LogP contribution in [0.15, 0.2) is 34.8 Å². The molecule has 6 heteroatoms. The van der Waals surface area contributed by atoms with Gasteiger partial charge in [0.05, 0.1) is 9.40 Å². The monoisotopic (exact) mass is 354 g/mol. The van der Waals surface area contributed by atoms with Gasteiger partial charge in [-0.2, -0.15) is 0 Å². The molecule has 2 aromatic rings. The molecule has 0 aliphatic heterocycles. The van der Waals surface area contributed by atoms with Gasteiger partial charge in [0.1, 0.15) is 0 Å². The number of rotatable bonds is 5. The number of nitrogens with one attached hydrogen (secondary N) is 1. The first kappa shape index (κ1) is 15.2. The molecule has 20 heavy (non-hydrogen) atoms. The quantitative estimate of drug-likeness (QED) is 0.631. The molecule has 0 aliphatic rings. The third kappa shape index (κ3) is 3.45. The van der Waals surface area contributed by atoms with Gasteiger partial charge in [0, 0.05) is 28.4 Å². The van der Waals surface area contributed by atoms with Crippen molar-refractivity contribution in [3.63, 3.8) is 0 Å². The molecule has 0 radical (unpaired) electrons. The van der Waals surface area contributed by atoms with E-state index in [1.807, 2.05) is 6.07 Å². The minimum Gasteiger partial charge on any atom is -0.305 e. The van der Waals surface area contributed by atoms with Gasteiger partial charge in [0.15, 0.2) is 0 Å². The molecule has 1 aromatic carbocycles. The van der Waals surface area contributed by atoms with E-state index in [2.05, 4.69) is 47.2 Å². The molecular weight excluding hydrogens is 340 g/mol. The number of thiophene rings is 1. The lowest BCUT2D eigenvalue weighted by atomic mass is 10.2. The summed E-state index contributed by atoms with van der Waals surface area (Å²) in [5, 5.41) is 14.3. The highest BCUT2D eigenvalue weighted by molar-refractivity contribution is 9.10. The standard InChI is InChI=1S/C14H15BrN2O2S/c1-9-6-7-13(20-9)10(2)16-8-11-4-3-5-12(14(11)15)17(18)19/h3-7,10,16H,8H2,1-2H3. The lowest BCUT2D eigenvalue weighted by Gasteiger charge is -2.13. The van der Waals surface area contributed by atoms with Crippen molar-refractivity contribution >= 4 is 33.0 Å². The molecule has 1 heterocycles. The Bertz CT molecular complexity index is 627. The van der Waals surface area contributed by atoms with Crippen LogP contribution in [0.3, 0.4) is 0 Å². The second-order valence-electron chi connectivity index (χ2n) is 4.56. The average molecular weight is 355 g/mol. The first-order valence-corrected chi connectivity index (χ1v) is 7.81. The number of nitro groups is 1. The van der Waals surface area contributed by atoms with Crippen molar-refractivity contribution in [1.29, 1.82) is 0 Å². The minimum atomic E-state index is -0.375. The van der Waals surface area contributed by atoms with Crippen LogP contribution in [0.1, 0.15) is 28.3 Å². The molecule has 0 fully saturated rings. The van der Waals surface area contributed by atoms with Gasteiger partial charge in [-0.25, -0.2) is 0 Å². The molecule has 0 amide bonds. The van der Waals surface area contributed by atoms with Gasteiger partial charge < -0.3 is 5.32 Å². The smallest absolute Gasteiger partial charge is 0.283 e. The van der Waals surface area contributed by atoms with Crippen molar-refractivity contribution in [2.24, 2.45) is 0 Å². The summed E-state index contributed by atoms with van der Waals surface area (Å²) < 4.78 is 0.548. The van der Waals surface area contributed by atoms with Crippen molar-refractivity contribution in [3.05, 3.63) is 60.2 Å². The molecule has 1 N–H and O–H groups in total. The van der Waals surface area contributed by atoms with Crippen LogP contribution in [-0.2, 0) is 6.54 Å². The van der Waals surface area contributed by atoms with Crippen LogP contribution < -0.4 is 5.32 Å². The third-order valence-electron chi connectivity index (χ3n) is 3.04. The molecule has 2 rings (SSSR count). The highest BCUT2D eigenvalue weighted by Gasteiger charge is 2.15. The number of nitrogens with zero attached hydrogens (tertiary/aromatic N) is 1. The zero-order chi connectivity index (χ0) is 14.7. The molecule has 106 valence electrons. The van der Waals surface area contributed by atoms with Gasteiger partial charge >= 0.3 is 0 Å². The zero-order valence-electron chi connectivity index (χ0n) is 11.2. The lowest BCUT2D eigenvalue weighted by molar-refractivity contribution is -0.385. The summed E-state index contributed by atoms with van der Waals surface area (Å²) in [5.41, 5.74) is 0.989. The van der Waals surface area contributed by atoms with Crippen LogP contribution in [0, 0.1) is 17.0 Å². The Morgan fingerprint density at radius 3 is 2.75 bits per heavy atom. The molecule has 0 aliphatic carbocycles. The summed E-state index contributed by atoms with van der Waals surface area (Å²) in [5.74, 6) is 0. The lowest BCUT2D eigenvalue weighted by Crippen LogP contribution is -2.17. The Kier molecular flexibility index (Phi) is 4.91. The molecule has 1 unspecified atom stereocenters. The molecular formula is C14H15BrN2O2S. The SMILES string of the molecule is Cc1ccc(C(C)NCc2cccc([N+](=O)[O-])c2Br)s1. The van der Waals surface area contributed by atoms with Crippen LogP contribution in [0.5, 0.6) is 0 Å². The molecule has 1 aromatic heterocycles. The Morgan fingerprint density at radius 2 is 2.15 bits per heavy atom. The van der Waals surface area contributed by atoms with E-state index in [0.717, 1.165) is 5.56 Å². The summed E-state index contributed by atoms with van der Waals surface area (Å²) in [4.78, 5) is 13.1. The van der Waals surface area contributed by atoms with Crippen molar-refractivity contribution in [2.45, 2.75) is 26.4 Å². The van der Waals surface area contributed by atoms with Crippen LogP contribution >= 0.6 is 27.3 Å². The van der Waals surface area contributed by atoms with Crippen LogP contribution in [0.2, 0.25) is 0 Å². The molecule has 0 saturated carbocycles. The number of aryl methyl sites for hydroxylation is 1. The van der Waals surface area contributed by atoms with Gasteiger partial charge in [0.25, 0.3) is 5.69 Å². The Morgan fingerprint density at radius 1 is 1.40 bits per heavy atom. The summed E-state index contributed by atoms with van der Waals surface area (Å²) in [6.45, 7) is 4.76. The van der Waals surface area contributed by atoms with Crippen molar-refractivity contribution < 1.29 is 4.92 Å². The second kappa shape index (κ2) is 6.47. The summed E-state index contributed by atoms with van der Waals surface area (Å²) in [7, 11) is 0. The maximum Gasteiger partial charge on any atom is 0.283 e. The first-order valence-electron chi connectivity index (χ1n) is 6.20. The van der Waals surface area contributed by atoms with Crippen molar-refractivity contribution in [3.8, 4) is 0 Å². The van der Waals surface area contributed by atoms with Gasteiger partial charge in [-0.3, -0.25) is 10.1 Å². The third-order valence-corrected chi connectivity index (χ3v) is 5.14. The van der Waals surface area contributed by atoms with E-state index in [9.17, 15) is 10.1 Å². The molecule has 1 atom stereocenters. The van der Waals surface area contributed by atoms with Gasteiger partial charge in [0.2, 0.25) is 0 Å². The van der Waals surface area contributed by atoms with E-state index in [0.29, 0.717) is 11.0 Å². The van der Waals surface area contributed by atoms with Crippen molar-refractivity contribution in [2.75, 3.05) is 0 Å². The fourth-order valence-corrected chi connectivity index (χ4v) is 3.35. The molecule has 0 bridgehead atoms. The average Bonchev–Trinajstić information content (AvgIpc) is 2.83. The molecule has 4 nitrogen and oxygen atoms in total. The van der Waals surface area contributed by atoms with Crippen LogP contribution in [0.25, 0.3) is 0 Å². The predicted molar refractivity (Wildman–Crippen MR) is 85.1 cm³/mol. The fourth-order valence-electron chi connectivity index (χ4n) is 1.89. The normalized spacial score (nSPS) is 12.3. The first-order chi connectivity index (χ1) is 9.49. The van der Waals surface area contributed by atoms with E-state index in [-0.39, 0.29) is 16.7 Å². The number of hydrogen-bond donors (Lipinski definition) is 1. The highest BCUT2D eigenvalue weighted by atomic mass is 79.9. The largest absolute Gasteiger partial charge is 0.305 e. The Hall–Kier alpha value is -1.24. The molecule has 0 saturated heterocycles. The van der Waals surface area contributed by atoms with Gasteiger partial charge in [-0.15, -0.1) is 11.3 Å². The Balaban J connectivity index is 2.08. The van der Waals surface area contributed by atoms with Gasteiger partial charge in [-0.05, 0) is 47.5 Å². The summed E-state index contributed by atoms with van der Waals surface area (Å²) >= 11 is 5.07. The van der Waals surface area contributed by atoms with E-state index in [1.54, 1.807) is 17.4 Å². The molecule has 0 spiro atoms. The van der Waals surface area contributed by atoms with E-state index in [1.165, 1.54) is 15.8 Å². The Labute approximate surface area is 130 Å². The van der Waals surface area contributed by atoms with E-state index >= 15 is 0 Å². The number of nitro benzene ring substituents is 1. The van der Waals surface area contributed by atoms with Crippen molar-refractivity contribution in [1.82, 2.24) is 5.32 Å². The highest BCUT2D eigenvalue weighted by Crippen LogP contribution is 2.29. The number of benzene rings is 1. The summed E-state index contributed by atoms with van der Waals surface area (Å²) in [6, 6.07) is 9.53. The predicted octanol–water partition coefficient (Wildman–Crippen LogP) is 4.58. The maximum atomic E-state index is 10.9. The van der Waals surface area contributed by atoms with Gasteiger partial charge in [-0.1, -0.05) is 12.1 Å².